The van der Waals surface area contributed by atoms with E-state index < -0.39 is 24.6 Å². The van der Waals surface area contributed by atoms with Crippen molar-refractivity contribution in [3.63, 3.8) is 0 Å². The predicted octanol–water partition coefficient (Wildman–Crippen LogP) is 1.87. The van der Waals surface area contributed by atoms with Gasteiger partial charge in [-0.15, -0.1) is 0 Å². The number of hydrogen-bond donors (Lipinski definition) is 2. The molecule has 1 aliphatic heterocycles. The molecule has 0 amide bonds. The van der Waals surface area contributed by atoms with Crippen molar-refractivity contribution in [1.29, 1.82) is 0 Å². The fourth-order valence-corrected chi connectivity index (χ4v) is 2.77. The molecule has 2 N–H and O–H groups in total. The zero-order valence-corrected chi connectivity index (χ0v) is 13.3. The van der Waals surface area contributed by atoms with Crippen LogP contribution in [0.4, 0.5) is 0 Å². The van der Waals surface area contributed by atoms with Crippen molar-refractivity contribution in [2.24, 2.45) is 0 Å². The Morgan fingerprint density at radius 1 is 0.792 bits per heavy atom. The highest BCUT2D eigenvalue weighted by Gasteiger charge is 2.45. The molecule has 1 heterocycles. The zero-order valence-electron chi connectivity index (χ0n) is 13.3. The van der Waals surface area contributed by atoms with Crippen LogP contribution in [0.25, 0.3) is 0 Å². The number of ether oxygens (including phenoxy) is 3. The number of hydrogen-bond acceptors (Lipinski definition) is 5. The van der Waals surface area contributed by atoms with Gasteiger partial charge in [0.2, 0.25) is 0 Å². The lowest BCUT2D eigenvalue weighted by Gasteiger charge is -2.23. The Morgan fingerprint density at radius 2 is 1.29 bits per heavy atom. The minimum Gasteiger partial charge on any atom is -0.394 e. The van der Waals surface area contributed by atoms with Gasteiger partial charge >= 0.3 is 0 Å². The summed E-state index contributed by atoms with van der Waals surface area (Å²) in [6.45, 7) is 0.472. The third kappa shape index (κ3) is 4.20. The van der Waals surface area contributed by atoms with Crippen molar-refractivity contribution in [3.8, 4) is 0 Å². The first-order valence-electron chi connectivity index (χ1n) is 8.03. The quantitative estimate of drug-likeness (QED) is 0.811. The molecule has 1 saturated heterocycles. The van der Waals surface area contributed by atoms with E-state index in [1.807, 2.05) is 60.7 Å². The van der Waals surface area contributed by atoms with Gasteiger partial charge in [-0.3, -0.25) is 0 Å². The van der Waals surface area contributed by atoms with Crippen LogP contribution in [0, 0.1) is 0 Å². The van der Waals surface area contributed by atoms with Crippen molar-refractivity contribution in [3.05, 3.63) is 71.8 Å². The summed E-state index contributed by atoms with van der Waals surface area (Å²) in [5.74, 6) is 0. The van der Waals surface area contributed by atoms with E-state index in [4.69, 9.17) is 14.2 Å². The van der Waals surface area contributed by atoms with Crippen LogP contribution < -0.4 is 0 Å². The molecule has 1 aliphatic rings. The molecule has 5 heteroatoms. The van der Waals surface area contributed by atoms with E-state index in [2.05, 4.69) is 0 Å². The van der Waals surface area contributed by atoms with Crippen LogP contribution in [0.15, 0.2) is 60.7 Å². The summed E-state index contributed by atoms with van der Waals surface area (Å²) in [5.41, 5.74) is 2.01. The van der Waals surface area contributed by atoms with Gasteiger partial charge in [0.15, 0.2) is 6.29 Å². The molecule has 5 nitrogen and oxygen atoms in total. The lowest BCUT2D eigenvalue weighted by Crippen LogP contribution is -2.38. The van der Waals surface area contributed by atoms with Crippen LogP contribution in [0.3, 0.4) is 0 Å². The second-order valence-electron chi connectivity index (χ2n) is 5.77. The van der Waals surface area contributed by atoms with Crippen LogP contribution in [0.1, 0.15) is 11.1 Å². The highest BCUT2D eigenvalue weighted by Crippen LogP contribution is 2.27. The molecule has 3 rings (SSSR count). The standard InChI is InChI=1S/C19H22O5/c20-11-16-17(22-12-14-7-3-1-4-8-14)18(19(21)24-16)23-13-15-9-5-2-6-10-15/h1-10,16-21H,11-13H2/t16-,17-,18-,19+/m1/s1. The van der Waals surface area contributed by atoms with Gasteiger partial charge in [0, 0.05) is 0 Å². The highest BCUT2D eigenvalue weighted by atomic mass is 16.7. The number of rotatable bonds is 7. The Bertz CT molecular complexity index is 604. The van der Waals surface area contributed by atoms with Gasteiger partial charge in [-0.05, 0) is 11.1 Å². The second-order valence-corrected chi connectivity index (χ2v) is 5.77. The molecular weight excluding hydrogens is 308 g/mol. The zero-order chi connectivity index (χ0) is 16.8. The molecule has 0 bridgehead atoms. The van der Waals surface area contributed by atoms with Crippen molar-refractivity contribution < 1.29 is 24.4 Å². The van der Waals surface area contributed by atoms with Crippen molar-refractivity contribution in [2.75, 3.05) is 6.61 Å². The summed E-state index contributed by atoms with van der Waals surface area (Å²) in [4.78, 5) is 0. The summed E-state index contributed by atoms with van der Waals surface area (Å²) in [6.07, 6.45) is -2.91. The SMILES string of the molecule is OC[C@H]1O[C@H](O)[C@H](OCc2ccccc2)[C@@H]1OCc1ccccc1. The van der Waals surface area contributed by atoms with Gasteiger partial charge in [0.1, 0.15) is 18.3 Å². The Hall–Kier alpha value is -1.76. The van der Waals surface area contributed by atoms with E-state index in [0.29, 0.717) is 13.2 Å². The average Bonchev–Trinajstić information content (AvgIpc) is 2.94. The normalized spacial score (nSPS) is 26.6. The Balaban J connectivity index is 1.63. The average molecular weight is 330 g/mol. The maximum Gasteiger partial charge on any atom is 0.184 e. The monoisotopic (exact) mass is 330 g/mol. The number of benzene rings is 2. The third-order valence-corrected chi connectivity index (χ3v) is 4.04. The molecule has 0 spiro atoms. The maximum absolute atomic E-state index is 10.1. The molecule has 24 heavy (non-hydrogen) atoms. The second kappa shape index (κ2) is 8.37. The van der Waals surface area contributed by atoms with Gasteiger partial charge in [-0.2, -0.15) is 0 Å². The molecule has 4 atom stereocenters. The summed E-state index contributed by atoms with van der Waals surface area (Å²) in [5, 5.41) is 19.6. The summed E-state index contributed by atoms with van der Waals surface area (Å²) >= 11 is 0. The number of aliphatic hydroxyl groups excluding tert-OH is 2. The van der Waals surface area contributed by atoms with Crippen LogP contribution in [-0.4, -0.2) is 41.4 Å². The Labute approximate surface area is 141 Å². The molecule has 2 aromatic carbocycles. The largest absolute Gasteiger partial charge is 0.394 e. The van der Waals surface area contributed by atoms with Gasteiger partial charge in [0.05, 0.1) is 19.8 Å². The molecule has 128 valence electrons. The lowest BCUT2D eigenvalue weighted by molar-refractivity contribution is -0.151. The molecule has 0 aliphatic carbocycles. The summed E-state index contributed by atoms with van der Waals surface area (Å²) in [7, 11) is 0. The smallest absolute Gasteiger partial charge is 0.184 e. The van der Waals surface area contributed by atoms with E-state index in [9.17, 15) is 10.2 Å². The first-order chi connectivity index (χ1) is 11.8. The van der Waals surface area contributed by atoms with Crippen molar-refractivity contribution in [2.45, 2.75) is 37.8 Å². The maximum atomic E-state index is 10.1. The Morgan fingerprint density at radius 3 is 1.79 bits per heavy atom. The minimum absolute atomic E-state index is 0.234. The van der Waals surface area contributed by atoms with E-state index in [-0.39, 0.29) is 6.61 Å². The van der Waals surface area contributed by atoms with Gasteiger partial charge in [-0.25, -0.2) is 0 Å². The summed E-state index contributed by atoms with van der Waals surface area (Å²) < 4.78 is 17.1. The first kappa shape index (κ1) is 17.1. The molecular formula is C19H22O5. The van der Waals surface area contributed by atoms with E-state index in [1.54, 1.807) is 0 Å². The lowest BCUT2D eigenvalue weighted by atomic mass is 10.1. The molecule has 1 fully saturated rings. The van der Waals surface area contributed by atoms with Crippen LogP contribution in [-0.2, 0) is 27.4 Å². The van der Waals surface area contributed by atoms with Gasteiger partial charge in [0.25, 0.3) is 0 Å². The van der Waals surface area contributed by atoms with E-state index in [1.165, 1.54) is 0 Å². The molecule has 0 saturated carbocycles. The fourth-order valence-electron chi connectivity index (χ4n) is 2.77. The predicted molar refractivity (Wildman–Crippen MR) is 88.0 cm³/mol. The number of aliphatic hydroxyl groups is 2. The highest BCUT2D eigenvalue weighted by molar-refractivity contribution is 5.14. The molecule has 0 aromatic heterocycles. The van der Waals surface area contributed by atoms with E-state index >= 15 is 0 Å². The van der Waals surface area contributed by atoms with Crippen molar-refractivity contribution >= 4 is 0 Å². The van der Waals surface area contributed by atoms with Crippen molar-refractivity contribution in [1.82, 2.24) is 0 Å². The fraction of sp³-hybridized carbons (Fsp3) is 0.368. The minimum atomic E-state index is -1.12. The van der Waals surface area contributed by atoms with Gasteiger partial charge in [-0.1, -0.05) is 60.7 Å². The molecule has 0 radical (unpaired) electrons. The van der Waals surface area contributed by atoms with Crippen LogP contribution >= 0.6 is 0 Å². The van der Waals surface area contributed by atoms with Gasteiger partial charge < -0.3 is 24.4 Å². The summed E-state index contributed by atoms with van der Waals surface area (Å²) in [6, 6.07) is 19.4. The Kier molecular flexibility index (Phi) is 5.96. The third-order valence-electron chi connectivity index (χ3n) is 4.04. The van der Waals surface area contributed by atoms with Crippen LogP contribution in [0.2, 0.25) is 0 Å². The van der Waals surface area contributed by atoms with Crippen LogP contribution in [0.5, 0.6) is 0 Å². The molecule has 2 aromatic rings. The molecule has 0 unspecified atom stereocenters. The topological polar surface area (TPSA) is 68.2 Å². The van der Waals surface area contributed by atoms with E-state index in [0.717, 1.165) is 11.1 Å². The first-order valence-corrected chi connectivity index (χ1v) is 8.03.